The van der Waals surface area contributed by atoms with Crippen LogP contribution in [0.4, 0.5) is 5.82 Å². The molecule has 0 aliphatic carbocycles. The maximum absolute atomic E-state index is 6.67. The lowest BCUT2D eigenvalue weighted by Crippen LogP contribution is -2.42. The first-order chi connectivity index (χ1) is 11.8. The average molecular weight is 344 g/mol. The Morgan fingerprint density at radius 3 is 3.04 bits per heavy atom. The monoisotopic (exact) mass is 343 g/mol. The smallest absolute Gasteiger partial charge is 0.146 e. The normalized spacial score (nSPS) is 18.0. The van der Waals surface area contributed by atoms with Crippen molar-refractivity contribution in [2.45, 2.75) is 6.10 Å². The Balaban J connectivity index is 1.71. The zero-order chi connectivity index (χ0) is 16.4. The second kappa shape index (κ2) is 6.76. The molecule has 3 aromatic rings. The van der Waals surface area contributed by atoms with E-state index in [9.17, 15) is 0 Å². The molecule has 0 amide bonds. The fourth-order valence-electron chi connectivity index (χ4n) is 2.94. The number of hydrogen-bond acceptors (Lipinski definition) is 5. The minimum atomic E-state index is 0.112. The maximum Gasteiger partial charge on any atom is 0.146 e. The van der Waals surface area contributed by atoms with Gasteiger partial charge in [-0.1, -0.05) is 29.8 Å². The van der Waals surface area contributed by atoms with Crippen molar-refractivity contribution >= 4 is 28.3 Å². The molecule has 2 aromatic heterocycles. The largest absolute Gasteiger partial charge is 0.374 e. The Hall–Kier alpha value is -2.15. The SMILES string of the molecule is Clc1c(NCC2CNCCO2)nc2ccccc2c1-c1cn[nH]c1. The molecule has 6 nitrogen and oxygen atoms in total. The second-order valence-corrected chi connectivity index (χ2v) is 6.11. The molecule has 0 bridgehead atoms. The zero-order valence-electron chi connectivity index (χ0n) is 13.1. The van der Waals surface area contributed by atoms with E-state index in [-0.39, 0.29) is 6.10 Å². The van der Waals surface area contributed by atoms with Gasteiger partial charge in [0.2, 0.25) is 0 Å². The van der Waals surface area contributed by atoms with Crippen LogP contribution in [0.1, 0.15) is 0 Å². The molecule has 1 aliphatic heterocycles. The summed E-state index contributed by atoms with van der Waals surface area (Å²) in [5, 5.41) is 15.1. The van der Waals surface area contributed by atoms with Crippen molar-refractivity contribution in [3.05, 3.63) is 41.7 Å². The molecule has 0 radical (unpaired) electrons. The van der Waals surface area contributed by atoms with E-state index in [0.29, 0.717) is 17.4 Å². The number of aromatic amines is 1. The highest BCUT2D eigenvalue weighted by atomic mass is 35.5. The molecular weight excluding hydrogens is 326 g/mol. The number of rotatable bonds is 4. The summed E-state index contributed by atoms with van der Waals surface area (Å²) in [7, 11) is 0. The number of benzene rings is 1. The molecule has 1 atom stereocenters. The van der Waals surface area contributed by atoms with Crippen molar-refractivity contribution in [3.8, 4) is 11.1 Å². The molecule has 7 heteroatoms. The van der Waals surface area contributed by atoms with E-state index in [2.05, 4.69) is 25.8 Å². The van der Waals surface area contributed by atoms with Crippen LogP contribution in [-0.4, -0.2) is 47.5 Å². The third kappa shape index (κ3) is 2.96. The summed E-state index contributed by atoms with van der Waals surface area (Å²) in [6.07, 6.45) is 3.72. The minimum Gasteiger partial charge on any atom is -0.374 e. The number of pyridine rings is 1. The van der Waals surface area contributed by atoms with Gasteiger partial charge < -0.3 is 15.4 Å². The van der Waals surface area contributed by atoms with E-state index < -0.39 is 0 Å². The Morgan fingerprint density at radius 1 is 1.33 bits per heavy atom. The van der Waals surface area contributed by atoms with Crippen LogP contribution in [-0.2, 0) is 4.74 Å². The first-order valence-corrected chi connectivity index (χ1v) is 8.34. The third-order valence-corrected chi connectivity index (χ3v) is 4.49. The van der Waals surface area contributed by atoms with Gasteiger partial charge in [0.25, 0.3) is 0 Å². The summed E-state index contributed by atoms with van der Waals surface area (Å²) in [4.78, 5) is 4.68. The van der Waals surface area contributed by atoms with Gasteiger partial charge in [0.1, 0.15) is 5.82 Å². The number of fused-ring (bicyclic) bond motifs is 1. The molecule has 4 rings (SSSR count). The summed E-state index contributed by atoms with van der Waals surface area (Å²) in [6.45, 7) is 3.11. The predicted octanol–water partition coefficient (Wildman–Crippen LogP) is 2.68. The molecule has 1 unspecified atom stereocenters. The summed E-state index contributed by atoms with van der Waals surface area (Å²) < 4.78 is 5.72. The van der Waals surface area contributed by atoms with E-state index in [1.807, 2.05) is 30.5 Å². The van der Waals surface area contributed by atoms with Gasteiger partial charge in [-0.2, -0.15) is 5.10 Å². The number of H-pyrrole nitrogens is 1. The molecule has 124 valence electrons. The second-order valence-electron chi connectivity index (χ2n) is 5.73. The molecule has 3 N–H and O–H groups in total. The number of halogens is 1. The van der Waals surface area contributed by atoms with Crippen LogP contribution >= 0.6 is 11.6 Å². The van der Waals surface area contributed by atoms with Gasteiger partial charge in [0.15, 0.2) is 0 Å². The van der Waals surface area contributed by atoms with Gasteiger partial charge >= 0.3 is 0 Å². The summed E-state index contributed by atoms with van der Waals surface area (Å²) in [5.41, 5.74) is 2.77. The first-order valence-electron chi connectivity index (χ1n) is 7.96. The number of para-hydroxylation sites is 1. The van der Waals surface area contributed by atoms with Crippen molar-refractivity contribution in [2.75, 3.05) is 31.6 Å². The number of ether oxygens (including phenoxy) is 1. The van der Waals surface area contributed by atoms with Gasteiger partial charge in [0, 0.05) is 42.3 Å². The summed E-state index contributed by atoms with van der Waals surface area (Å²) in [6, 6.07) is 7.96. The van der Waals surface area contributed by atoms with Crippen LogP contribution in [0.2, 0.25) is 5.02 Å². The van der Waals surface area contributed by atoms with Crippen molar-refractivity contribution in [1.29, 1.82) is 0 Å². The average Bonchev–Trinajstić information content (AvgIpc) is 3.15. The molecule has 24 heavy (non-hydrogen) atoms. The first kappa shape index (κ1) is 15.4. The van der Waals surface area contributed by atoms with Crippen molar-refractivity contribution in [1.82, 2.24) is 20.5 Å². The lowest BCUT2D eigenvalue weighted by Gasteiger charge is -2.24. The highest BCUT2D eigenvalue weighted by Crippen LogP contribution is 2.38. The van der Waals surface area contributed by atoms with Crippen LogP contribution in [0.25, 0.3) is 22.0 Å². The van der Waals surface area contributed by atoms with E-state index >= 15 is 0 Å². The van der Waals surface area contributed by atoms with Gasteiger partial charge in [-0.3, -0.25) is 5.10 Å². The molecule has 0 saturated carbocycles. The van der Waals surface area contributed by atoms with Crippen LogP contribution in [0.15, 0.2) is 36.7 Å². The van der Waals surface area contributed by atoms with Gasteiger partial charge in [-0.05, 0) is 6.07 Å². The molecular formula is C17H18ClN5O. The Kier molecular flexibility index (Phi) is 4.34. The molecule has 1 fully saturated rings. The van der Waals surface area contributed by atoms with Crippen LogP contribution < -0.4 is 10.6 Å². The van der Waals surface area contributed by atoms with E-state index in [0.717, 1.165) is 41.7 Å². The standard InChI is InChI=1S/C17H18ClN5O/c18-16-15(11-7-21-22-8-11)13-3-1-2-4-14(13)23-17(16)20-10-12-9-19-5-6-24-12/h1-4,7-8,12,19H,5-6,9-10H2,(H,20,23)(H,21,22). The molecule has 1 aromatic carbocycles. The lowest BCUT2D eigenvalue weighted by molar-refractivity contribution is 0.0372. The van der Waals surface area contributed by atoms with Gasteiger partial charge in [0.05, 0.1) is 29.4 Å². The van der Waals surface area contributed by atoms with Crippen molar-refractivity contribution < 1.29 is 4.74 Å². The number of nitrogens with one attached hydrogen (secondary N) is 3. The van der Waals surface area contributed by atoms with Crippen molar-refractivity contribution in [3.63, 3.8) is 0 Å². The summed E-state index contributed by atoms with van der Waals surface area (Å²) in [5.74, 6) is 0.667. The van der Waals surface area contributed by atoms with Gasteiger partial charge in [-0.25, -0.2) is 4.98 Å². The molecule has 3 heterocycles. The zero-order valence-corrected chi connectivity index (χ0v) is 13.8. The predicted molar refractivity (Wildman–Crippen MR) is 95.4 cm³/mol. The Labute approximate surface area is 144 Å². The van der Waals surface area contributed by atoms with Crippen LogP contribution in [0.3, 0.4) is 0 Å². The lowest BCUT2D eigenvalue weighted by atomic mass is 10.0. The molecule has 1 saturated heterocycles. The Bertz CT molecular complexity index is 830. The van der Waals surface area contributed by atoms with Gasteiger partial charge in [-0.15, -0.1) is 0 Å². The van der Waals surface area contributed by atoms with Crippen LogP contribution in [0, 0.1) is 0 Å². The summed E-state index contributed by atoms with van der Waals surface area (Å²) >= 11 is 6.67. The number of hydrogen-bond donors (Lipinski definition) is 3. The third-order valence-electron chi connectivity index (χ3n) is 4.12. The quantitative estimate of drug-likeness (QED) is 0.679. The maximum atomic E-state index is 6.67. The number of nitrogens with zero attached hydrogens (tertiary/aromatic N) is 2. The number of morpholine rings is 1. The topological polar surface area (TPSA) is 74.9 Å². The van der Waals surface area contributed by atoms with E-state index in [1.165, 1.54) is 0 Å². The Morgan fingerprint density at radius 2 is 2.25 bits per heavy atom. The van der Waals surface area contributed by atoms with E-state index in [1.54, 1.807) is 6.20 Å². The number of aromatic nitrogens is 3. The highest BCUT2D eigenvalue weighted by molar-refractivity contribution is 6.37. The van der Waals surface area contributed by atoms with Crippen molar-refractivity contribution in [2.24, 2.45) is 0 Å². The molecule has 1 aliphatic rings. The highest BCUT2D eigenvalue weighted by Gasteiger charge is 2.18. The minimum absolute atomic E-state index is 0.112. The fourth-order valence-corrected chi connectivity index (χ4v) is 3.26. The van der Waals surface area contributed by atoms with Crippen LogP contribution in [0.5, 0.6) is 0 Å². The fraction of sp³-hybridized carbons (Fsp3) is 0.294. The molecule has 0 spiro atoms. The van der Waals surface area contributed by atoms with E-state index in [4.69, 9.17) is 16.3 Å². The number of anilines is 1.